The van der Waals surface area contributed by atoms with Crippen molar-refractivity contribution >= 4 is 55.7 Å². The Morgan fingerprint density at radius 1 is 1.39 bits per heavy atom. The minimum absolute atomic E-state index is 0.179. The number of hydrogen-bond acceptors (Lipinski definition) is 5. The number of thiophene rings is 1. The van der Waals surface area contributed by atoms with Crippen molar-refractivity contribution in [2.75, 3.05) is 18.5 Å². The SMILES string of the molecule is CCOC(=O)c1c(NC(=O)COc2ccc(Cl)cc2Br)sc2c1CCC(C)C2. The molecule has 8 heteroatoms. The van der Waals surface area contributed by atoms with Crippen molar-refractivity contribution in [2.24, 2.45) is 5.92 Å². The molecule has 1 aromatic carbocycles. The van der Waals surface area contributed by atoms with Crippen LogP contribution in [0.2, 0.25) is 5.02 Å². The number of ether oxygens (including phenoxy) is 2. The van der Waals surface area contributed by atoms with E-state index in [9.17, 15) is 9.59 Å². The van der Waals surface area contributed by atoms with Gasteiger partial charge >= 0.3 is 5.97 Å². The number of hydrogen-bond donors (Lipinski definition) is 1. The van der Waals surface area contributed by atoms with E-state index in [1.807, 2.05) is 0 Å². The molecule has 0 saturated carbocycles. The van der Waals surface area contributed by atoms with Crippen LogP contribution in [0.1, 0.15) is 41.1 Å². The number of anilines is 1. The van der Waals surface area contributed by atoms with E-state index < -0.39 is 0 Å². The molecule has 150 valence electrons. The quantitative estimate of drug-likeness (QED) is 0.549. The molecule has 1 amide bonds. The number of carbonyl (C=O) groups excluding carboxylic acids is 2. The molecule has 2 aromatic rings. The zero-order valence-electron chi connectivity index (χ0n) is 15.6. The molecule has 0 radical (unpaired) electrons. The molecule has 0 saturated heterocycles. The Balaban J connectivity index is 1.75. The van der Waals surface area contributed by atoms with Crippen molar-refractivity contribution in [3.63, 3.8) is 0 Å². The molecular formula is C20H21BrClNO4S. The molecule has 5 nitrogen and oxygen atoms in total. The third-order valence-corrected chi connectivity index (χ3v) is 6.52. The normalized spacial score (nSPS) is 15.6. The predicted octanol–water partition coefficient (Wildman–Crippen LogP) is 5.48. The number of halogens is 2. The van der Waals surface area contributed by atoms with Crippen molar-refractivity contribution in [1.82, 2.24) is 0 Å². The van der Waals surface area contributed by atoms with E-state index in [0.717, 1.165) is 29.7 Å². The average molecular weight is 487 g/mol. The fraction of sp³-hybridized carbons (Fsp3) is 0.400. The highest BCUT2D eigenvalue weighted by molar-refractivity contribution is 9.10. The summed E-state index contributed by atoms with van der Waals surface area (Å²) in [5, 5.41) is 3.95. The van der Waals surface area contributed by atoms with E-state index in [2.05, 4.69) is 28.2 Å². The van der Waals surface area contributed by atoms with Crippen molar-refractivity contribution in [3.05, 3.63) is 43.7 Å². The van der Waals surface area contributed by atoms with Crippen molar-refractivity contribution < 1.29 is 19.1 Å². The standard InChI is InChI=1S/C20H21BrClNO4S/c1-3-26-20(25)18-13-6-4-11(2)8-16(13)28-19(18)23-17(24)10-27-15-7-5-12(22)9-14(15)21/h5,7,9,11H,3-4,6,8,10H2,1-2H3,(H,23,24). The lowest BCUT2D eigenvalue weighted by Crippen LogP contribution is -2.21. The van der Waals surface area contributed by atoms with Gasteiger partial charge in [-0.05, 0) is 71.8 Å². The van der Waals surface area contributed by atoms with Gasteiger partial charge < -0.3 is 14.8 Å². The molecule has 1 aromatic heterocycles. The van der Waals surface area contributed by atoms with E-state index in [-0.39, 0.29) is 18.5 Å². The first-order valence-corrected chi connectivity index (χ1v) is 11.1. The summed E-state index contributed by atoms with van der Waals surface area (Å²) in [6.07, 6.45) is 2.76. The van der Waals surface area contributed by atoms with Crippen LogP contribution >= 0.6 is 38.9 Å². The monoisotopic (exact) mass is 485 g/mol. The highest BCUT2D eigenvalue weighted by Gasteiger charge is 2.29. The van der Waals surface area contributed by atoms with Crippen LogP contribution in [0.15, 0.2) is 22.7 Å². The van der Waals surface area contributed by atoms with Crippen LogP contribution in [0.5, 0.6) is 5.75 Å². The maximum atomic E-state index is 12.5. The maximum absolute atomic E-state index is 12.5. The summed E-state index contributed by atoms with van der Waals surface area (Å²) in [4.78, 5) is 26.1. The summed E-state index contributed by atoms with van der Waals surface area (Å²) in [5.74, 6) is 0.366. The zero-order valence-corrected chi connectivity index (χ0v) is 18.8. The Bertz CT molecular complexity index is 899. The molecule has 1 aliphatic rings. The topological polar surface area (TPSA) is 64.6 Å². The lowest BCUT2D eigenvalue weighted by molar-refractivity contribution is -0.118. The maximum Gasteiger partial charge on any atom is 0.341 e. The third kappa shape index (κ3) is 4.88. The van der Waals surface area contributed by atoms with Crippen LogP contribution < -0.4 is 10.1 Å². The number of esters is 1. The van der Waals surface area contributed by atoms with E-state index in [1.165, 1.54) is 11.3 Å². The van der Waals surface area contributed by atoms with Gasteiger partial charge in [0.2, 0.25) is 0 Å². The Labute approximate surface area is 181 Å². The van der Waals surface area contributed by atoms with Crippen LogP contribution in [0, 0.1) is 5.92 Å². The van der Waals surface area contributed by atoms with Crippen LogP contribution in [-0.4, -0.2) is 25.1 Å². The molecule has 0 spiro atoms. The fourth-order valence-electron chi connectivity index (χ4n) is 3.16. The second kappa shape index (κ2) is 9.29. The van der Waals surface area contributed by atoms with Crippen molar-refractivity contribution in [3.8, 4) is 5.75 Å². The molecule has 0 bridgehead atoms. The summed E-state index contributed by atoms with van der Waals surface area (Å²) in [5.41, 5.74) is 1.51. The summed E-state index contributed by atoms with van der Waals surface area (Å²) in [6, 6.07) is 5.07. The first-order chi connectivity index (χ1) is 13.4. The second-order valence-corrected chi connectivity index (χ2v) is 9.08. The molecule has 1 unspecified atom stereocenters. The van der Waals surface area contributed by atoms with Crippen LogP contribution in [0.3, 0.4) is 0 Å². The van der Waals surface area contributed by atoms with Crippen molar-refractivity contribution in [2.45, 2.75) is 33.1 Å². The molecule has 1 aliphatic carbocycles. The van der Waals surface area contributed by atoms with Gasteiger partial charge in [-0.25, -0.2) is 4.79 Å². The van der Waals surface area contributed by atoms with Gasteiger partial charge in [-0.1, -0.05) is 18.5 Å². The minimum Gasteiger partial charge on any atom is -0.483 e. The van der Waals surface area contributed by atoms with Gasteiger partial charge in [0.15, 0.2) is 6.61 Å². The summed E-state index contributed by atoms with van der Waals surface area (Å²) < 4.78 is 11.5. The number of fused-ring (bicyclic) bond motifs is 1. The lowest BCUT2D eigenvalue weighted by atomic mass is 9.88. The number of benzene rings is 1. The molecule has 0 fully saturated rings. The van der Waals surface area contributed by atoms with Gasteiger partial charge in [0, 0.05) is 9.90 Å². The fourth-order valence-corrected chi connectivity index (χ4v) is 5.37. The minimum atomic E-state index is -0.383. The van der Waals surface area contributed by atoms with Crippen molar-refractivity contribution in [1.29, 1.82) is 0 Å². The predicted molar refractivity (Wildman–Crippen MR) is 115 cm³/mol. The van der Waals surface area contributed by atoms with E-state index in [0.29, 0.717) is 38.3 Å². The largest absolute Gasteiger partial charge is 0.483 e. The van der Waals surface area contributed by atoms with Gasteiger partial charge in [0.1, 0.15) is 10.8 Å². The Kier molecular flexibility index (Phi) is 7.01. The lowest BCUT2D eigenvalue weighted by Gasteiger charge is -2.18. The number of nitrogens with one attached hydrogen (secondary N) is 1. The highest BCUT2D eigenvalue weighted by Crippen LogP contribution is 2.40. The molecule has 1 heterocycles. The summed E-state index contributed by atoms with van der Waals surface area (Å²) in [7, 11) is 0. The van der Waals surface area contributed by atoms with E-state index in [4.69, 9.17) is 21.1 Å². The summed E-state index contributed by atoms with van der Waals surface area (Å²) in [6.45, 7) is 4.08. The molecular weight excluding hydrogens is 466 g/mol. The van der Waals surface area contributed by atoms with Gasteiger partial charge in [0.25, 0.3) is 5.91 Å². The number of amides is 1. The number of carbonyl (C=O) groups is 2. The molecule has 28 heavy (non-hydrogen) atoms. The first-order valence-electron chi connectivity index (χ1n) is 9.08. The van der Waals surface area contributed by atoms with Gasteiger partial charge in [-0.3, -0.25) is 4.79 Å². The molecule has 1 atom stereocenters. The average Bonchev–Trinajstić information content (AvgIpc) is 2.97. The first kappa shape index (κ1) is 21.1. The van der Waals surface area contributed by atoms with Crippen LogP contribution in [0.25, 0.3) is 0 Å². The van der Waals surface area contributed by atoms with Gasteiger partial charge in [-0.15, -0.1) is 11.3 Å². The smallest absolute Gasteiger partial charge is 0.341 e. The van der Waals surface area contributed by atoms with E-state index >= 15 is 0 Å². The van der Waals surface area contributed by atoms with Gasteiger partial charge in [0.05, 0.1) is 16.6 Å². The molecule has 0 aliphatic heterocycles. The second-order valence-electron chi connectivity index (χ2n) is 6.69. The third-order valence-electron chi connectivity index (χ3n) is 4.50. The zero-order chi connectivity index (χ0) is 20.3. The molecule has 1 N–H and O–H groups in total. The van der Waals surface area contributed by atoms with Gasteiger partial charge in [-0.2, -0.15) is 0 Å². The Morgan fingerprint density at radius 3 is 2.89 bits per heavy atom. The Morgan fingerprint density at radius 2 is 2.18 bits per heavy atom. The Hall–Kier alpha value is -1.57. The highest BCUT2D eigenvalue weighted by atomic mass is 79.9. The molecule has 3 rings (SSSR count). The summed E-state index contributed by atoms with van der Waals surface area (Å²) >= 11 is 10.7. The van der Waals surface area contributed by atoms with Crippen LogP contribution in [0.4, 0.5) is 5.00 Å². The van der Waals surface area contributed by atoms with Crippen LogP contribution in [-0.2, 0) is 22.4 Å². The number of rotatable bonds is 6. The van der Waals surface area contributed by atoms with E-state index in [1.54, 1.807) is 25.1 Å².